The molecular formula is C19H12N6O. The van der Waals surface area contributed by atoms with Gasteiger partial charge in [0.2, 0.25) is 11.5 Å². The van der Waals surface area contributed by atoms with E-state index < -0.39 is 0 Å². The number of nitriles is 2. The Bertz CT molecular complexity index is 1050. The smallest absolute Gasteiger partial charge is 0.213 e. The van der Waals surface area contributed by atoms with Gasteiger partial charge in [-0.1, -0.05) is 60.7 Å². The zero-order chi connectivity index (χ0) is 18.4. The molecule has 0 spiro atoms. The first kappa shape index (κ1) is 16.6. The number of rotatable bonds is 4. The van der Waals surface area contributed by atoms with E-state index in [1.807, 2.05) is 36.4 Å². The number of benzene rings is 2. The lowest BCUT2D eigenvalue weighted by Crippen LogP contribution is -1.86. The van der Waals surface area contributed by atoms with Crippen molar-refractivity contribution in [2.45, 2.75) is 0 Å². The van der Waals surface area contributed by atoms with Crippen LogP contribution in [0.4, 0.5) is 5.82 Å². The summed E-state index contributed by atoms with van der Waals surface area (Å²) in [6.07, 6.45) is 0. The largest absolute Gasteiger partial charge is 0.504 e. The van der Waals surface area contributed by atoms with Gasteiger partial charge in [-0.3, -0.25) is 5.10 Å². The number of nitrogens with one attached hydrogen (secondary N) is 1. The van der Waals surface area contributed by atoms with Crippen LogP contribution in [0.25, 0.3) is 17.0 Å². The van der Waals surface area contributed by atoms with Gasteiger partial charge in [-0.25, -0.2) is 0 Å². The number of aromatic nitrogens is 2. The van der Waals surface area contributed by atoms with Gasteiger partial charge in [0.05, 0.1) is 5.69 Å². The normalized spacial score (nSPS) is 11.6. The molecule has 0 radical (unpaired) electrons. The molecule has 0 aliphatic heterocycles. The molecular weight excluding hydrogens is 328 g/mol. The molecule has 1 heterocycles. The summed E-state index contributed by atoms with van der Waals surface area (Å²) in [5.74, 6) is -0.255. The van der Waals surface area contributed by atoms with Gasteiger partial charge in [0, 0.05) is 11.1 Å². The highest BCUT2D eigenvalue weighted by Gasteiger charge is 2.15. The predicted molar refractivity (Wildman–Crippen MR) is 94.9 cm³/mol. The van der Waals surface area contributed by atoms with Crippen LogP contribution in [0.1, 0.15) is 11.1 Å². The molecule has 0 bridgehead atoms. The van der Waals surface area contributed by atoms with E-state index in [0.29, 0.717) is 11.3 Å². The van der Waals surface area contributed by atoms with Crippen molar-refractivity contribution >= 4 is 11.6 Å². The number of hydrogen-bond donors (Lipinski definition) is 2. The fourth-order valence-electron chi connectivity index (χ4n) is 2.28. The molecule has 3 rings (SSSR count). The number of allylic oxidation sites excluding steroid dienone is 1. The van der Waals surface area contributed by atoms with Crippen LogP contribution in [-0.2, 0) is 0 Å². The van der Waals surface area contributed by atoms with Gasteiger partial charge in [0.15, 0.2) is 5.76 Å². The maximum atomic E-state index is 10.2. The van der Waals surface area contributed by atoms with E-state index in [1.54, 1.807) is 36.4 Å². The number of hydrogen-bond acceptors (Lipinski definition) is 6. The standard InChI is InChI=1S/C19H12N6O/c20-11-15-17(13-7-3-1-4-8-13)23-25-19(15)24-22-16(12-21)18(26)14-9-5-2-6-10-14/h1-10,26H,(H,23,25)/b18-16-,24-22+. The van der Waals surface area contributed by atoms with E-state index in [1.165, 1.54) is 0 Å². The minimum absolute atomic E-state index is 0.0416. The first-order chi connectivity index (χ1) is 12.7. The Hall–Kier alpha value is -4.23. The van der Waals surface area contributed by atoms with Crippen molar-refractivity contribution in [2.75, 3.05) is 0 Å². The van der Waals surface area contributed by atoms with E-state index in [2.05, 4.69) is 20.4 Å². The second kappa shape index (κ2) is 7.56. The Balaban J connectivity index is 1.98. The van der Waals surface area contributed by atoms with Crippen LogP contribution in [0, 0.1) is 22.7 Å². The molecule has 26 heavy (non-hydrogen) atoms. The fourth-order valence-corrected chi connectivity index (χ4v) is 2.28. The molecule has 0 saturated carbocycles. The Morgan fingerprint density at radius 3 is 2.27 bits per heavy atom. The summed E-state index contributed by atoms with van der Waals surface area (Å²) in [6, 6.07) is 21.6. The molecule has 0 unspecified atom stereocenters. The SMILES string of the molecule is N#CC(/N=N/c1n[nH]c(-c2ccccc2)c1C#N)=C(/O)c1ccccc1. The van der Waals surface area contributed by atoms with Gasteiger partial charge in [-0.2, -0.15) is 15.6 Å². The summed E-state index contributed by atoms with van der Waals surface area (Å²) in [5, 5.41) is 43.2. The van der Waals surface area contributed by atoms with Crippen LogP contribution < -0.4 is 0 Å². The number of aliphatic hydroxyl groups excluding tert-OH is 1. The molecule has 2 aromatic carbocycles. The molecule has 0 saturated heterocycles. The summed E-state index contributed by atoms with van der Waals surface area (Å²) in [5.41, 5.74) is 1.66. The molecule has 7 heteroatoms. The van der Waals surface area contributed by atoms with Crippen molar-refractivity contribution in [1.82, 2.24) is 10.2 Å². The molecule has 7 nitrogen and oxygen atoms in total. The van der Waals surface area contributed by atoms with Crippen molar-refractivity contribution in [3.8, 4) is 23.4 Å². The van der Waals surface area contributed by atoms with Crippen LogP contribution in [0.3, 0.4) is 0 Å². The highest BCUT2D eigenvalue weighted by atomic mass is 16.3. The quantitative estimate of drug-likeness (QED) is 0.413. The average Bonchev–Trinajstić information content (AvgIpc) is 3.12. The Labute approximate surface area is 149 Å². The van der Waals surface area contributed by atoms with Gasteiger partial charge in [-0.05, 0) is 0 Å². The third-order valence-electron chi connectivity index (χ3n) is 3.54. The molecule has 3 aromatic rings. The van der Waals surface area contributed by atoms with Gasteiger partial charge in [0.25, 0.3) is 0 Å². The first-order valence-electron chi connectivity index (χ1n) is 7.59. The molecule has 124 valence electrons. The van der Waals surface area contributed by atoms with Crippen LogP contribution in [0.5, 0.6) is 0 Å². The minimum atomic E-state index is -0.297. The number of aromatic amines is 1. The van der Waals surface area contributed by atoms with Crippen LogP contribution in [0.2, 0.25) is 0 Å². The van der Waals surface area contributed by atoms with E-state index in [9.17, 15) is 15.6 Å². The summed E-state index contributed by atoms with van der Waals surface area (Å²) in [7, 11) is 0. The van der Waals surface area contributed by atoms with Crippen LogP contribution in [-0.4, -0.2) is 15.3 Å². The van der Waals surface area contributed by atoms with Gasteiger partial charge < -0.3 is 5.11 Å². The van der Waals surface area contributed by atoms with E-state index in [-0.39, 0.29) is 22.8 Å². The monoisotopic (exact) mass is 340 g/mol. The molecule has 2 N–H and O–H groups in total. The zero-order valence-corrected chi connectivity index (χ0v) is 13.5. The van der Waals surface area contributed by atoms with Gasteiger partial charge in [-0.15, -0.1) is 10.2 Å². The van der Waals surface area contributed by atoms with Crippen molar-refractivity contribution in [2.24, 2.45) is 10.2 Å². The molecule has 0 aliphatic rings. The van der Waals surface area contributed by atoms with E-state index >= 15 is 0 Å². The molecule has 0 aliphatic carbocycles. The van der Waals surface area contributed by atoms with Crippen LogP contribution >= 0.6 is 0 Å². The fraction of sp³-hybridized carbons (Fsp3) is 0. The second-order valence-electron chi connectivity index (χ2n) is 5.15. The maximum Gasteiger partial charge on any atom is 0.213 e. The number of aliphatic hydroxyl groups is 1. The van der Waals surface area contributed by atoms with E-state index in [4.69, 9.17) is 0 Å². The summed E-state index contributed by atoms with van der Waals surface area (Å²) >= 11 is 0. The molecule has 0 amide bonds. The lowest BCUT2D eigenvalue weighted by Gasteiger charge is -1.99. The van der Waals surface area contributed by atoms with Crippen molar-refractivity contribution in [1.29, 1.82) is 10.5 Å². The van der Waals surface area contributed by atoms with Gasteiger partial charge in [0.1, 0.15) is 17.7 Å². The predicted octanol–water partition coefficient (Wildman–Crippen LogP) is 4.48. The highest BCUT2D eigenvalue weighted by Crippen LogP contribution is 2.28. The molecule has 0 atom stereocenters. The number of H-pyrrole nitrogens is 1. The van der Waals surface area contributed by atoms with Crippen molar-refractivity contribution in [3.63, 3.8) is 0 Å². The van der Waals surface area contributed by atoms with E-state index in [0.717, 1.165) is 5.56 Å². The third kappa shape index (κ3) is 3.32. The first-order valence-corrected chi connectivity index (χ1v) is 7.59. The lowest BCUT2D eigenvalue weighted by atomic mass is 10.1. The minimum Gasteiger partial charge on any atom is -0.504 e. The topological polar surface area (TPSA) is 121 Å². The lowest BCUT2D eigenvalue weighted by molar-refractivity contribution is 0.507. The van der Waals surface area contributed by atoms with Gasteiger partial charge >= 0.3 is 0 Å². The molecule has 1 aromatic heterocycles. The zero-order valence-electron chi connectivity index (χ0n) is 13.5. The van der Waals surface area contributed by atoms with Crippen molar-refractivity contribution in [3.05, 3.63) is 77.5 Å². The third-order valence-corrected chi connectivity index (χ3v) is 3.54. The average molecular weight is 340 g/mol. The Morgan fingerprint density at radius 1 is 1.00 bits per heavy atom. The summed E-state index contributed by atoms with van der Waals surface area (Å²) in [6.45, 7) is 0. The van der Waals surface area contributed by atoms with Crippen LogP contribution in [0.15, 0.2) is 76.6 Å². The molecule has 0 fully saturated rings. The second-order valence-corrected chi connectivity index (χ2v) is 5.15. The Morgan fingerprint density at radius 2 is 1.65 bits per heavy atom. The summed E-state index contributed by atoms with van der Waals surface area (Å²) in [4.78, 5) is 0. The van der Waals surface area contributed by atoms with Crippen molar-refractivity contribution < 1.29 is 5.11 Å². The number of nitrogens with zero attached hydrogens (tertiary/aromatic N) is 5. The maximum absolute atomic E-state index is 10.2. The summed E-state index contributed by atoms with van der Waals surface area (Å²) < 4.78 is 0. The number of azo groups is 1. The Kier molecular flexibility index (Phi) is 4.83. The highest BCUT2D eigenvalue weighted by molar-refractivity contribution is 5.71.